The van der Waals surface area contributed by atoms with Gasteiger partial charge in [0.1, 0.15) is 11.3 Å². The lowest BCUT2D eigenvalue weighted by Gasteiger charge is -2.05. The number of hydrogen-bond acceptors (Lipinski definition) is 3. The van der Waals surface area contributed by atoms with Crippen LogP contribution in [-0.2, 0) is 0 Å². The molecule has 0 aliphatic heterocycles. The van der Waals surface area contributed by atoms with Gasteiger partial charge in [0.05, 0.1) is 17.6 Å². The molecule has 1 aromatic carbocycles. The van der Waals surface area contributed by atoms with Crippen LogP contribution in [0.5, 0.6) is 0 Å². The first-order valence-corrected chi connectivity index (χ1v) is 7.98. The maximum atomic E-state index is 4.77. The van der Waals surface area contributed by atoms with Crippen LogP contribution in [0, 0.1) is 0 Å². The Bertz CT molecular complexity index is 1130. The summed E-state index contributed by atoms with van der Waals surface area (Å²) in [4.78, 5) is 12.5. The third-order valence-corrected chi connectivity index (χ3v) is 4.10. The number of nitrogens with zero attached hydrogens (tertiary/aromatic N) is 5. The van der Waals surface area contributed by atoms with E-state index in [2.05, 4.69) is 15.1 Å². The molecule has 0 atom stereocenters. The van der Waals surface area contributed by atoms with Crippen LogP contribution in [0.4, 0.5) is 0 Å². The fourth-order valence-electron chi connectivity index (χ4n) is 2.95. The Balaban J connectivity index is 1.64. The molecule has 5 rings (SSSR count). The van der Waals surface area contributed by atoms with Gasteiger partial charge in [-0.3, -0.25) is 4.57 Å². The van der Waals surface area contributed by atoms with Gasteiger partial charge < -0.3 is 4.98 Å². The Morgan fingerprint density at radius 1 is 0.880 bits per heavy atom. The molecule has 0 radical (unpaired) electrons. The lowest BCUT2D eigenvalue weighted by Crippen LogP contribution is -1.99. The maximum absolute atomic E-state index is 4.77. The third kappa shape index (κ3) is 2.23. The zero-order valence-corrected chi connectivity index (χ0v) is 13.2. The van der Waals surface area contributed by atoms with E-state index in [0.717, 1.165) is 34.2 Å². The Morgan fingerprint density at radius 3 is 2.60 bits per heavy atom. The summed E-state index contributed by atoms with van der Waals surface area (Å²) in [6.45, 7) is 0. The molecule has 0 fully saturated rings. The summed E-state index contributed by atoms with van der Waals surface area (Å²) in [5, 5.41) is 4.43. The molecule has 6 heteroatoms. The van der Waals surface area contributed by atoms with Crippen molar-refractivity contribution in [3.8, 4) is 23.0 Å². The van der Waals surface area contributed by atoms with Gasteiger partial charge >= 0.3 is 0 Å². The first-order chi connectivity index (χ1) is 12.4. The van der Waals surface area contributed by atoms with Crippen LogP contribution in [0.25, 0.3) is 34.2 Å². The predicted octanol–water partition coefficient (Wildman–Crippen LogP) is 3.60. The quantitative estimate of drug-likeness (QED) is 0.551. The number of benzene rings is 1. The van der Waals surface area contributed by atoms with Crippen molar-refractivity contribution in [2.45, 2.75) is 0 Å². The lowest BCUT2D eigenvalue weighted by molar-refractivity contribution is 0.895. The molecule has 0 amide bonds. The highest BCUT2D eigenvalue weighted by atomic mass is 15.3. The van der Waals surface area contributed by atoms with Gasteiger partial charge in [0.2, 0.25) is 0 Å². The van der Waals surface area contributed by atoms with Crippen molar-refractivity contribution in [2.75, 3.05) is 0 Å². The molecule has 4 aromatic heterocycles. The van der Waals surface area contributed by atoms with Crippen LogP contribution >= 0.6 is 0 Å². The molecule has 0 spiro atoms. The zero-order valence-electron chi connectivity index (χ0n) is 13.2. The number of fused-ring (bicyclic) bond motifs is 1. The highest BCUT2D eigenvalue weighted by molar-refractivity contribution is 5.77. The van der Waals surface area contributed by atoms with Crippen molar-refractivity contribution in [3.63, 3.8) is 0 Å². The number of para-hydroxylation sites is 1. The molecule has 120 valence electrons. The van der Waals surface area contributed by atoms with Gasteiger partial charge in [0.25, 0.3) is 0 Å². The van der Waals surface area contributed by atoms with Crippen LogP contribution in [-0.4, -0.2) is 29.3 Å². The summed E-state index contributed by atoms with van der Waals surface area (Å²) >= 11 is 0. The molecule has 0 aliphatic rings. The van der Waals surface area contributed by atoms with Crippen molar-refractivity contribution in [3.05, 3.63) is 79.3 Å². The van der Waals surface area contributed by atoms with E-state index in [1.807, 2.05) is 76.1 Å². The molecule has 0 unspecified atom stereocenters. The third-order valence-electron chi connectivity index (χ3n) is 4.10. The van der Waals surface area contributed by atoms with Crippen LogP contribution < -0.4 is 0 Å². The molecular weight excluding hydrogens is 312 g/mol. The topological polar surface area (TPSA) is 64.3 Å². The Hall–Kier alpha value is -3.67. The number of aromatic amines is 1. The van der Waals surface area contributed by atoms with Crippen LogP contribution in [0.15, 0.2) is 79.3 Å². The van der Waals surface area contributed by atoms with Gasteiger partial charge in [0, 0.05) is 12.4 Å². The van der Waals surface area contributed by atoms with E-state index in [-0.39, 0.29) is 0 Å². The van der Waals surface area contributed by atoms with Crippen LogP contribution in [0.1, 0.15) is 0 Å². The van der Waals surface area contributed by atoms with Crippen molar-refractivity contribution < 1.29 is 0 Å². The van der Waals surface area contributed by atoms with Crippen molar-refractivity contribution >= 4 is 11.2 Å². The van der Waals surface area contributed by atoms with Crippen LogP contribution in [0.3, 0.4) is 0 Å². The van der Waals surface area contributed by atoms with Crippen molar-refractivity contribution in [1.82, 2.24) is 29.3 Å². The smallest absolute Gasteiger partial charge is 0.181 e. The second kappa shape index (κ2) is 5.45. The summed E-state index contributed by atoms with van der Waals surface area (Å²) in [7, 11) is 0. The molecule has 4 heterocycles. The first-order valence-electron chi connectivity index (χ1n) is 7.98. The minimum atomic E-state index is 0.785. The van der Waals surface area contributed by atoms with Gasteiger partial charge in [0.15, 0.2) is 11.5 Å². The summed E-state index contributed by atoms with van der Waals surface area (Å²) < 4.78 is 3.85. The molecule has 5 aromatic rings. The number of rotatable bonds is 3. The average molecular weight is 326 g/mol. The van der Waals surface area contributed by atoms with Gasteiger partial charge in [-0.05, 0) is 36.4 Å². The molecule has 6 nitrogen and oxygen atoms in total. The Kier molecular flexibility index (Phi) is 3.00. The second-order valence-corrected chi connectivity index (χ2v) is 5.67. The molecule has 1 N–H and O–H groups in total. The standard InChI is InChI=1S/C19H14N6/c1-2-7-14(8-3-1)25-19-15(13-21-25)22-18(23-19)16-9-6-12-24(16)17-10-4-5-11-20-17/h1-13H,(H,22,23). The number of hydrogen-bond donors (Lipinski definition) is 1. The predicted molar refractivity (Wildman–Crippen MR) is 95.8 cm³/mol. The molecule has 0 saturated carbocycles. The molecule has 0 saturated heterocycles. The second-order valence-electron chi connectivity index (χ2n) is 5.67. The van der Waals surface area contributed by atoms with E-state index < -0.39 is 0 Å². The summed E-state index contributed by atoms with van der Waals surface area (Å²) in [6.07, 6.45) is 5.56. The van der Waals surface area contributed by atoms with Gasteiger partial charge in [-0.25, -0.2) is 14.6 Å². The van der Waals surface area contributed by atoms with Crippen molar-refractivity contribution in [2.24, 2.45) is 0 Å². The highest BCUT2D eigenvalue weighted by Crippen LogP contribution is 2.24. The number of H-pyrrole nitrogens is 1. The highest BCUT2D eigenvalue weighted by Gasteiger charge is 2.14. The van der Waals surface area contributed by atoms with Gasteiger partial charge in [-0.1, -0.05) is 24.3 Å². The van der Waals surface area contributed by atoms with E-state index in [4.69, 9.17) is 4.98 Å². The largest absolute Gasteiger partial charge is 0.334 e. The normalized spacial score (nSPS) is 11.2. The summed E-state index contributed by atoms with van der Waals surface area (Å²) in [6, 6.07) is 19.8. The van der Waals surface area contributed by atoms with E-state index in [1.54, 1.807) is 12.4 Å². The Labute approximate surface area is 143 Å². The number of aromatic nitrogens is 6. The van der Waals surface area contributed by atoms with E-state index >= 15 is 0 Å². The number of imidazole rings is 1. The van der Waals surface area contributed by atoms with Crippen molar-refractivity contribution in [1.29, 1.82) is 0 Å². The number of nitrogens with one attached hydrogen (secondary N) is 1. The van der Waals surface area contributed by atoms with Crippen LogP contribution in [0.2, 0.25) is 0 Å². The summed E-state index contributed by atoms with van der Waals surface area (Å²) in [5.74, 6) is 1.64. The van der Waals surface area contributed by atoms with Gasteiger partial charge in [-0.15, -0.1) is 0 Å². The maximum Gasteiger partial charge on any atom is 0.181 e. The molecular formula is C19H14N6. The lowest BCUT2D eigenvalue weighted by atomic mass is 10.3. The fourth-order valence-corrected chi connectivity index (χ4v) is 2.95. The molecule has 25 heavy (non-hydrogen) atoms. The molecule has 0 aliphatic carbocycles. The zero-order chi connectivity index (χ0) is 16.6. The minimum absolute atomic E-state index is 0.785. The minimum Gasteiger partial charge on any atom is -0.334 e. The van der Waals surface area contributed by atoms with E-state index in [9.17, 15) is 0 Å². The van der Waals surface area contributed by atoms with E-state index in [1.165, 1.54) is 0 Å². The average Bonchev–Trinajstić information content (AvgIpc) is 3.38. The summed E-state index contributed by atoms with van der Waals surface area (Å²) in [5.41, 5.74) is 3.63. The monoisotopic (exact) mass is 326 g/mol. The van der Waals surface area contributed by atoms with E-state index in [0.29, 0.717) is 0 Å². The fraction of sp³-hybridized carbons (Fsp3) is 0. The number of pyridine rings is 1. The SMILES string of the molecule is c1ccc(-n2ncc3[nH]c(-c4cccn4-c4ccccn4)nc32)cc1. The van der Waals surface area contributed by atoms with Gasteiger partial charge in [-0.2, -0.15) is 5.10 Å². The first kappa shape index (κ1) is 13.7. The molecule has 0 bridgehead atoms. The Morgan fingerprint density at radius 2 is 1.76 bits per heavy atom.